The summed E-state index contributed by atoms with van der Waals surface area (Å²) >= 11 is 0. The van der Waals surface area contributed by atoms with E-state index in [9.17, 15) is 35.8 Å². The van der Waals surface area contributed by atoms with Crippen molar-refractivity contribution in [2.75, 3.05) is 5.32 Å². The van der Waals surface area contributed by atoms with Gasteiger partial charge in [0.1, 0.15) is 10.6 Å². The largest absolute Gasteiger partial charge is 0.505 e. The van der Waals surface area contributed by atoms with Crippen molar-refractivity contribution in [3.05, 3.63) is 48.0 Å². The molecular weight excluding hydrogens is 546 g/mol. The molecule has 0 fully saturated rings. The number of nitrogens with zero attached hydrogens (tertiary/aromatic N) is 2. The molecular formula is C26H31N3O8S2. The van der Waals surface area contributed by atoms with E-state index >= 15 is 0 Å². The number of aromatic hydroxyl groups is 1. The van der Waals surface area contributed by atoms with Crippen molar-refractivity contribution in [3.63, 3.8) is 0 Å². The minimum Gasteiger partial charge on any atom is -0.505 e. The van der Waals surface area contributed by atoms with Crippen LogP contribution in [0.15, 0.2) is 62.5 Å². The molecule has 3 rings (SSSR count). The van der Waals surface area contributed by atoms with Crippen molar-refractivity contribution in [1.29, 1.82) is 0 Å². The number of hydrogen-bond donors (Lipinski definition) is 4. The molecule has 0 aromatic heterocycles. The van der Waals surface area contributed by atoms with Gasteiger partial charge in [-0.1, -0.05) is 51.2 Å². The number of carbonyl (C=O) groups is 1. The van der Waals surface area contributed by atoms with Gasteiger partial charge in [0.05, 0.1) is 16.3 Å². The first kappa shape index (κ1) is 30.2. The van der Waals surface area contributed by atoms with Crippen molar-refractivity contribution < 1.29 is 35.8 Å². The SMILES string of the molecule is CCCCCCCCc1ccc(N=Nc2c(S(=O)(=O)O)cc3cc(S(=O)(=O)O)cc(NC(C)=O)c3c2O)cc1. The summed E-state index contributed by atoms with van der Waals surface area (Å²) in [4.78, 5) is 10.2. The quantitative estimate of drug-likeness (QED) is 0.110. The fourth-order valence-electron chi connectivity index (χ4n) is 4.14. The van der Waals surface area contributed by atoms with Gasteiger partial charge in [0.2, 0.25) is 5.91 Å². The van der Waals surface area contributed by atoms with Gasteiger partial charge in [-0.15, -0.1) is 5.11 Å². The lowest BCUT2D eigenvalue weighted by Crippen LogP contribution is -2.08. The molecule has 0 atom stereocenters. The maximum Gasteiger partial charge on any atom is 0.296 e. The van der Waals surface area contributed by atoms with E-state index in [2.05, 4.69) is 22.5 Å². The Hall–Kier alpha value is -3.39. The molecule has 0 spiro atoms. The molecule has 11 nitrogen and oxygen atoms in total. The van der Waals surface area contributed by atoms with Crippen molar-refractivity contribution >= 4 is 54.0 Å². The molecule has 0 aliphatic heterocycles. The molecule has 3 aromatic rings. The number of rotatable bonds is 12. The van der Waals surface area contributed by atoms with E-state index in [4.69, 9.17) is 0 Å². The van der Waals surface area contributed by atoms with Gasteiger partial charge in [0.25, 0.3) is 20.2 Å². The second-order valence-corrected chi connectivity index (χ2v) is 12.0. The number of benzene rings is 3. The van der Waals surface area contributed by atoms with Gasteiger partial charge in [0, 0.05) is 12.3 Å². The zero-order valence-corrected chi connectivity index (χ0v) is 23.2. The van der Waals surface area contributed by atoms with Crippen LogP contribution in [0.25, 0.3) is 10.8 Å². The zero-order chi connectivity index (χ0) is 28.8. The fourth-order valence-corrected chi connectivity index (χ4v) is 5.34. The summed E-state index contributed by atoms with van der Waals surface area (Å²) in [5.41, 5.74) is 0.604. The van der Waals surface area contributed by atoms with Gasteiger partial charge in [-0.2, -0.15) is 21.9 Å². The van der Waals surface area contributed by atoms with Gasteiger partial charge >= 0.3 is 0 Å². The van der Waals surface area contributed by atoms with Crippen LogP contribution in [0.1, 0.15) is 57.9 Å². The smallest absolute Gasteiger partial charge is 0.296 e. The number of amides is 1. The number of fused-ring (bicyclic) bond motifs is 1. The Labute approximate surface area is 227 Å². The number of unbranched alkanes of at least 4 members (excludes halogenated alkanes) is 5. The van der Waals surface area contributed by atoms with E-state index in [-0.39, 0.29) is 16.5 Å². The topological polar surface area (TPSA) is 183 Å². The summed E-state index contributed by atoms with van der Waals surface area (Å²) in [6, 6.07) is 9.75. The molecule has 210 valence electrons. The van der Waals surface area contributed by atoms with Crippen LogP contribution in [-0.2, 0) is 31.5 Å². The van der Waals surface area contributed by atoms with Gasteiger partial charge in [-0.25, -0.2) is 0 Å². The molecule has 0 heterocycles. The number of anilines is 1. The van der Waals surface area contributed by atoms with E-state index in [0.29, 0.717) is 5.69 Å². The first-order chi connectivity index (χ1) is 18.3. The number of phenols is 1. The summed E-state index contributed by atoms with van der Waals surface area (Å²) in [6.45, 7) is 3.31. The molecule has 0 unspecified atom stereocenters. The number of aryl methyl sites for hydroxylation is 1. The highest BCUT2D eigenvalue weighted by atomic mass is 32.2. The highest BCUT2D eigenvalue weighted by Crippen LogP contribution is 2.45. The number of nitrogens with one attached hydrogen (secondary N) is 1. The molecule has 3 aromatic carbocycles. The minimum atomic E-state index is -4.97. The summed E-state index contributed by atoms with van der Waals surface area (Å²) in [5, 5.41) is 20.8. The number of phenolic OH excluding ortho intramolecular Hbond substituents is 1. The van der Waals surface area contributed by atoms with E-state index in [1.54, 1.807) is 12.1 Å². The molecule has 0 aliphatic rings. The molecule has 0 radical (unpaired) electrons. The van der Waals surface area contributed by atoms with Crippen molar-refractivity contribution in [1.82, 2.24) is 0 Å². The van der Waals surface area contributed by atoms with Crippen molar-refractivity contribution in [2.24, 2.45) is 10.2 Å². The van der Waals surface area contributed by atoms with Gasteiger partial charge in [-0.3, -0.25) is 13.9 Å². The van der Waals surface area contributed by atoms with E-state index in [1.807, 2.05) is 12.1 Å². The van der Waals surface area contributed by atoms with Crippen LogP contribution in [-0.4, -0.2) is 37.0 Å². The Balaban J connectivity index is 2.00. The second-order valence-electron chi connectivity index (χ2n) is 9.16. The second kappa shape index (κ2) is 12.6. The Morgan fingerprint density at radius 2 is 1.51 bits per heavy atom. The summed E-state index contributed by atoms with van der Waals surface area (Å²) < 4.78 is 67.0. The highest BCUT2D eigenvalue weighted by molar-refractivity contribution is 7.86. The molecule has 0 saturated carbocycles. The van der Waals surface area contributed by atoms with Crippen LogP contribution in [0.2, 0.25) is 0 Å². The average molecular weight is 578 g/mol. The number of carbonyl (C=O) groups excluding carboxylic acids is 1. The predicted molar refractivity (Wildman–Crippen MR) is 147 cm³/mol. The third-order valence-corrected chi connectivity index (χ3v) is 7.73. The standard InChI is InChI=1S/C26H31N3O8S2/c1-3-4-5-6-7-8-9-18-10-12-20(13-11-18)28-29-25-23(39(35,36)37)15-19-14-21(38(32,33)34)16-22(27-17(2)30)24(19)26(25)31/h10-16,31H,3-9H2,1-2H3,(H,27,30)(H,32,33,34)(H,35,36,37). The summed E-state index contributed by atoms with van der Waals surface area (Å²) in [6.07, 6.45) is 7.98. The minimum absolute atomic E-state index is 0.173. The van der Waals surface area contributed by atoms with Crippen LogP contribution in [0, 0.1) is 0 Å². The van der Waals surface area contributed by atoms with Crippen molar-refractivity contribution in [2.45, 2.75) is 68.6 Å². The molecule has 0 bridgehead atoms. The Bertz CT molecular complexity index is 1600. The molecule has 39 heavy (non-hydrogen) atoms. The lowest BCUT2D eigenvalue weighted by atomic mass is 10.0. The molecule has 0 aliphatic carbocycles. The van der Waals surface area contributed by atoms with Gasteiger partial charge < -0.3 is 10.4 Å². The predicted octanol–water partition coefficient (Wildman–Crippen LogP) is 6.32. The monoisotopic (exact) mass is 577 g/mol. The van der Waals surface area contributed by atoms with Crippen LogP contribution in [0.4, 0.5) is 17.1 Å². The summed E-state index contributed by atoms with van der Waals surface area (Å²) in [5.74, 6) is -1.42. The molecule has 4 N–H and O–H groups in total. The Morgan fingerprint density at radius 1 is 0.872 bits per heavy atom. The lowest BCUT2D eigenvalue weighted by molar-refractivity contribution is -0.114. The van der Waals surface area contributed by atoms with Crippen LogP contribution < -0.4 is 5.32 Å². The van der Waals surface area contributed by atoms with Crippen LogP contribution in [0.5, 0.6) is 5.75 Å². The molecule has 1 amide bonds. The van der Waals surface area contributed by atoms with E-state index < -0.39 is 47.4 Å². The zero-order valence-electron chi connectivity index (χ0n) is 21.6. The third kappa shape index (κ3) is 8.05. The number of hydrogen-bond acceptors (Lipinski definition) is 8. The average Bonchev–Trinajstić information content (AvgIpc) is 2.84. The van der Waals surface area contributed by atoms with Gasteiger partial charge in [-0.05, 0) is 54.1 Å². The van der Waals surface area contributed by atoms with E-state index in [1.165, 1.54) is 25.7 Å². The lowest BCUT2D eigenvalue weighted by Gasteiger charge is -2.14. The number of azo groups is 1. The Kier molecular flexibility index (Phi) is 9.78. The molecule has 0 saturated heterocycles. The first-order valence-electron chi connectivity index (χ1n) is 12.4. The summed E-state index contributed by atoms with van der Waals surface area (Å²) in [7, 11) is -9.75. The third-order valence-electron chi connectivity index (χ3n) is 6.03. The van der Waals surface area contributed by atoms with Crippen LogP contribution >= 0.6 is 0 Å². The maximum absolute atomic E-state index is 12.1. The first-order valence-corrected chi connectivity index (χ1v) is 15.3. The molecule has 13 heteroatoms. The van der Waals surface area contributed by atoms with Crippen molar-refractivity contribution in [3.8, 4) is 5.75 Å². The maximum atomic E-state index is 12.1. The van der Waals surface area contributed by atoms with E-state index in [0.717, 1.165) is 49.9 Å². The van der Waals surface area contributed by atoms with Crippen LogP contribution in [0.3, 0.4) is 0 Å². The Morgan fingerprint density at radius 3 is 2.10 bits per heavy atom. The fraction of sp³-hybridized carbons (Fsp3) is 0.346. The van der Waals surface area contributed by atoms with Gasteiger partial charge in [0.15, 0.2) is 5.75 Å². The normalized spacial score (nSPS) is 12.3. The highest BCUT2D eigenvalue weighted by Gasteiger charge is 2.25.